The van der Waals surface area contributed by atoms with E-state index in [-0.39, 0.29) is 5.91 Å². The van der Waals surface area contributed by atoms with Crippen LogP contribution in [0.5, 0.6) is 11.5 Å². The van der Waals surface area contributed by atoms with Gasteiger partial charge in [-0.1, -0.05) is 42.0 Å². The van der Waals surface area contributed by atoms with Gasteiger partial charge in [0.2, 0.25) is 0 Å². The summed E-state index contributed by atoms with van der Waals surface area (Å²) in [5.74, 6) is 2.28. The summed E-state index contributed by atoms with van der Waals surface area (Å²) in [6, 6.07) is 21.5. The van der Waals surface area contributed by atoms with Crippen LogP contribution in [0.1, 0.15) is 27.3 Å². The molecule has 1 aromatic heterocycles. The largest absolute Gasteiger partial charge is 0.493 e. The molecule has 0 aliphatic heterocycles. The lowest BCUT2D eigenvalue weighted by Crippen LogP contribution is -2.27. The molecule has 0 atom stereocenters. The average Bonchev–Trinajstić information content (AvgIpc) is 3.16. The summed E-state index contributed by atoms with van der Waals surface area (Å²) in [5.41, 5.74) is 4.82. The minimum Gasteiger partial charge on any atom is -0.493 e. The van der Waals surface area contributed by atoms with Crippen LogP contribution in [-0.2, 0) is 13.0 Å². The molecule has 0 radical (unpaired) electrons. The molecule has 4 aromatic rings. The Morgan fingerprint density at radius 2 is 1.76 bits per heavy atom. The SMILES string of the molecule is COc1ccccc1OCCn1c(CCNC(=O)c2ccc(C)cc2C)nc2ccccc21. The number of nitrogens with one attached hydrogen (secondary N) is 1. The molecule has 1 amide bonds. The highest BCUT2D eigenvalue weighted by Crippen LogP contribution is 2.26. The monoisotopic (exact) mass is 443 g/mol. The Balaban J connectivity index is 1.44. The maximum Gasteiger partial charge on any atom is 0.251 e. The molecule has 4 rings (SSSR count). The molecule has 0 aliphatic carbocycles. The molecule has 170 valence electrons. The van der Waals surface area contributed by atoms with Gasteiger partial charge >= 0.3 is 0 Å². The van der Waals surface area contributed by atoms with Crippen molar-refractivity contribution in [2.75, 3.05) is 20.3 Å². The number of nitrogens with zero attached hydrogens (tertiary/aromatic N) is 2. The van der Waals surface area contributed by atoms with Crippen molar-refractivity contribution < 1.29 is 14.3 Å². The Hall–Kier alpha value is -3.80. The summed E-state index contributed by atoms with van der Waals surface area (Å²) in [6.07, 6.45) is 0.625. The number of fused-ring (bicyclic) bond motifs is 1. The first-order valence-electron chi connectivity index (χ1n) is 11.1. The Morgan fingerprint density at radius 3 is 2.55 bits per heavy atom. The minimum atomic E-state index is -0.0605. The van der Waals surface area contributed by atoms with Crippen LogP contribution in [0.15, 0.2) is 66.7 Å². The zero-order chi connectivity index (χ0) is 23.2. The molecule has 6 heteroatoms. The van der Waals surface area contributed by atoms with Gasteiger partial charge in [-0.15, -0.1) is 0 Å². The zero-order valence-electron chi connectivity index (χ0n) is 19.3. The van der Waals surface area contributed by atoms with Crippen molar-refractivity contribution in [3.8, 4) is 11.5 Å². The van der Waals surface area contributed by atoms with Gasteiger partial charge in [0, 0.05) is 18.5 Å². The molecule has 1 heterocycles. The summed E-state index contributed by atoms with van der Waals surface area (Å²) in [4.78, 5) is 17.4. The highest BCUT2D eigenvalue weighted by atomic mass is 16.5. The molecule has 0 spiro atoms. The van der Waals surface area contributed by atoms with Crippen molar-refractivity contribution in [1.82, 2.24) is 14.9 Å². The van der Waals surface area contributed by atoms with E-state index in [1.165, 1.54) is 0 Å². The molecule has 6 nitrogen and oxygen atoms in total. The van der Waals surface area contributed by atoms with Crippen LogP contribution in [0.4, 0.5) is 0 Å². The molecule has 0 aliphatic rings. The number of ether oxygens (including phenoxy) is 2. The van der Waals surface area contributed by atoms with Gasteiger partial charge in [0.25, 0.3) is 5.91 Å². The third-order valence-electron chi connectivity index (χ3n) is 5.64. The van der Waals surface area contributed by atoms with E-state index in [4.69, 9.17) is 14.5 Å². The Kier molecular flexibility index (Phi) is 6.93. The van der Waals surface area contributed by atoms with Gasteiger partial charge in [-0.3, -0.25) is 4.79 Å². The summed E-state index contributed by atoms with van der Waals surface area (Å²) < 4.78 is 13.5. The van der Waals surface area contributed by atoms with Crippen molar-refractivity contribution in [2.24, 2.45) is 0 Å². The van der Waals surface area contributed by atoms with E-state index in [1.54, 1.807) is 7.11 Å². The smallest absolute Gasteiger partial charge is 0.251 e. The van der Waals surface area contributed by atoms with E-state index in [9.17, 15) is 4.79 Å². The fraction of sp³-hybridized carbons (Fsp3) is 0.259. The number of aryl methyl sites for hydroxylation is 2. The van der Waals surface area contributed by atoms with Crippen LogP contribution in [0.2, 0.25) is 0 Å². The Bertz CT molecular complexity index is 1260. The van der Waals surface area contributed by atoms with E-state index in [0.717, 1.165) is 28.0 Å². The van der Waals surface area contributed by atoms with Crippen molar-refractivity contribution in [2.45, 2.75) is 26.8 Å². The van der Waals surface area contributed by atoms with Gasteiger partial charge in [-0.05, 0) is 49.7 Å². The first-order valence-corrected chi connectivity index (χ1v) is 11.1. The van der Waals surface area contributed by atoms with Gasteiger partial charge < -0.3 is 19.4 Å². The van der Waals surface area contributed by atoms with E-state index >= 15 is 0 Å². The molecule has 0 fully saturated rings. The van der Waals surface area contributed by atoms with Crippen molar-refractivity contribution in [3.05, 3.63) is 89.2 Å². The number of rotatable bonds is 9. The number of aromatic nitrogens is 2. The molecule has 0 saturated heterocycles. The normalized spacial score (nSPS) is 10.9. The van der Waals surface area contributed by atoms with Crippen LogP contribution in [-0.4, -0.2) is 35.7 Å². The van der Waals surface area contributed by atoms with Crippen LogP contribution < -0.4 is 14.8 Å². The Morgan fingerprint density at radius 1 is 1.00 bits per heavy atom. The average molecular weight is 444 g/mol. The maximum absolute atomic E-state index is 12.6. The van der Waals surface area contributed by atoms with Gasteiger partial charge in [-0.25, -0.2) is 4.98 Å². The molecular weight excluding hydrogens is 414 g/mol. The number of benzene rings is 3. The number of carbonyl (C=O) groups is 1. The van der Waals surface area contributed by atoms with Gasteiger partial charge in [-0.2, -0.15) is 0 Å². The lowest BCUT2D eigenvalue weighted by atomic mass is 10.1. The zero-order valence-corrected chi connectivity index (χ0v) is 19.3. The van der Waals surface area contributed by atoms with E-state index in [2.05, 4.69) is 16.0 Å². The highest BCUT2D eigenvalue weighted by Gasteiger charge is 2.13. The number of hydrogen-bond donors (Lipinski definition) is 1. The fourth-order valence-corrected chi connectivity index (χ4v) is 4.00. The number of hydrogen-bond acceptors (Lipinski definition) is 4. The van der Waals surface area contributed by atoms with Gasteiger partial charge in [0.1, 0.15) is 12.4 Å². The number of methoxy groups -OCH3 is 1. The van der Waals surface area contributed by atoms with Crippen LogP contribution in [0, 0.1) is 13.8 Å². The molecule has 0 bridgehead atoms. The molecule has 0 unspecified atom stereocenters. The van der Waals surface area contributed by atoms with Crippen molar-refractivity contribution >= 4 is 16.9 Å². The number of amides is 1. The lowest BCUT2D eigenvalue weighted by molar-refractivity contribution is 0.0953. The predicted molar refractivity (Wildman–Crippen MR) is 130 cm³/mol. The van der Waals surface area contributed by atoms with Crippen LogP contribution in [0.25, 0.3) is 11.0 Å². The third kappa shape index (κ3) is 5.17. The van der Waals surface area contributed by atoms with E-state index in [0.29, 0.717) is 43.2 Å². The lowest BCUT2D eigenvalue weighted by Gasteiger charge is -2.13. The Labute approximate surface area is 194 Å². The third-order valence-corrected chi connectivity index (χ3v) is 5.64. The minimum absolute atomic E-state index is 0.0605. The quantitative estimate of drug-likeness (QED) is 0.407. The summed E-state index contributed by atoms with van der Waals surface area (Å²) in [5, 5.41) is 3.04. The molecular formula is C27H29N3O3. The van der Waals surface area contributed by atoms with Crippen molar-refractivity contribution in [3.63, 3.8) is 0 Å². The second-order valence-corrected chi connectivity index (χ2v) is 7.99. The molecule has 0 saturated carbocycles. The first kappa shape index (κ1) is 22.4. The van der Waals surface area contributed by atoms with Gasteiger partial charge in [0.15, 0.2) is 11.5 Å². The standard InChI is InChI=1S/C27H29N3O3/c1-19-12-13-21(20(2)18-19)27(31)28-15-14-26-29-22-8-4-5-9-23(22)30(26)16-17-33-25-11-7-6-10-24(25)32-3/h4-13,18H,14-17H2,1-3H3,(H,28,31). The first-order chi connectivity index (χ1) is 16.1. The van der Waals surface area contributed by atoms with E-state index < -0.39 is 0 Å². The topological polar surface area (TPSA) is 65.4 Å². The second kappa shape index (κ2) is 10.2. The van der Waals surface area contributed by atoms with Gasteiger partial charge in [0.05, 0.1) is 24.7 Å². The van der Waals surface area contributed by atoms with Crippen molar-refractivity contribution in [1.29, 1.82) is 0 Å². The number of imidazole rings is 1. The highest BCUT2D eigenvalue weighted by molar-refractivity contribution is 5.95. The molecule has 33 heavy (non-hydrogen) atoms. The summed E-state index contributed by atoms with van der Waals surface area (Å²) in [6.45, 7) is 5.60. The molecule has 3 aromatic carbocycles. The van der Waals surface area contributed by atoms with E-state index in [1.807, 2.05) is 74.5 Å². The summed E-state index contributed by atoms with van der Waals surface area (Å²) in [7, 11) is 1.63. The maximum atomic E-state index is 12.6. The summed E-state index contributed by atoms with van der Waals surface area (Å²) >= 11 is 0. The van der Waals surface area contributed by atoms with Crippen LogP contribution in [0.3, 0.4) is 0 Å². The fourth-order valence-electron chi connectivity index (χ4n) is 4.00. The number of carbonyl (C=O) groups excluding carboxylic acids is 1. The second-order valence-electron chi connectivity index (χ2n) is 7.99. The van der Waals surface area contributed by atoms with Crippen LogP contribution >= 0.6 is 0 Å². The molecule has 1 N–H and O–H groups in total. The predicted octanol–water partition coefficient (Wildman–Crippen LogP) is 4.71. The number of para-hydroxylation sites is 4.